The van der Waals surface area contributed by atoms with Gasteiger partial charge in [-0.3, -0.25) is 9.59 Å². The monoisotopic (exact) mass is 472 g/mol. The number of carbonyl (C=O) groups excluding carboxylic acids is 2. The van der Waals surface area contributed by atoms with Gasteiger partial charge in [0.25, 0.3) is 5.91 Å². The number of thioether (sulfide) groups is 1. The number of hydrogen-bond donors (Lipinski definition) is 1. The van der Waals surface area contributed by atoms with Crippen LogP contribution in [0.2, 0.25) is 0 Å². The number of esters is 1. The fraction of sp³-hybridized carbons (Fsp3) is 0.556. The van der Waals surface area contributed by atoms with Crippen LogP contribution in [0.1, 0.15) is 25.7 Å². The van der Waals surface area contributed by atoms with Crippen molar-refractivity contribution in [2.45, 2.75) is 36.6 Å². The molecule has 0 spiro atoms. The minimum absolute atomic E-state index is 0.0416. The number of piperidine rings is 1. The Morgan fingerprint density at radius 2 is 2.03 bits per heavy atom. The van der Waals surface area contributed by atoms with Gasteiger partial charge in [-0.15, -0.1) is 0 Å². The number of nitrogens with one attached hydrogen (secondary N) is 1. The Balaban J connectivity index is 1.69. The molecule has 1 fully saturated rings. The molecule has 164 valence electrons. The molecule has 9 nitrogen and oxygen atoms in total. The highest BCUT2D eigenvalue weighted by Gasteiger charge is 2.29. The summed E-state index contributed by atoms with van der Waals surface area (Å²) in [5.74, 6) is -0.473. The van der Waals surface area contributed by atoms with E-state index in [0.717, 1.165) is 31.0 Å². The predicted octanol–water partition coefficient (Wildman–Crippen LogP) is 1.65. The van der Waals surface area contributed by atoms with Gasteiger partial charge in [0.2, 0.25) is 10.0 Å². The maximum atomic E-state index is 12.9. The second-order valence-electron chi connectivity index (χ2n) is 6.89. The van der Waals surface area contributed by atoms with Gasteiger partial charge in [0.15, 0.2) is 6.61 Å². The Morgan fingerprint density at radius 1 is 1.27 bits per heavy atom. The molecule has 1 aromatic carbocycles. The molecular weight excluding hydrogens is 448 g/mol. The van der Waals surface area contributed by atoms with E-state index in [0.29, 0.717) is 24.4 Å². The van der Waals surface area contributed by atoms with Crippen molar-refractivity contribution < 1.29 is 22.7 Å². The average Bonchev–Trinajstić information content (AvgIpc) is 3.24. The molecule has 0 aliphatic carbocycles. The summed E-state index contributed by atoms with van der Waals surface area (Å²) in [6.45, 7) is 0.928. The van der Waals surface area contributed by atoms with E-state index in [1.165, 1.54) is 17.8 Å². The molecule has 0 bridgehead atoms. The summed E-state index contributed by atoms with van der Waals surface area (Å²) in [4.78, 5) is 26.5. The van der Waals surface area contributed by atoms with Crippen LogP contribution in [-0.4, -0.2) is 71.7 Å². The van der Waals surface area contributed by atoms with Gasteiger partial charge in [-0.05, 0) is 49.8 Å². The van der Waals surface area contributed by atoms with Crippen LogP contribution < -0.4 is 4.72 Å². The van der Waals surface area contributed by atoms with Crippen molar-refractivity contribution in [3.63, 3.8) is 0 Å². The van der Waals surface area contributed by atoms with Crippen LogP contribution in [0.15, 0.2) is 23.1 Å². The first-order valence-corrected chi connectivity index (χ1v) is 13.2. The van der Waals surface area contributed by atoms with Crippen LogP contribution in [0.5, 0.6) is 0 Å². The van der Waals surface area contributed by atoms with E-state index < -0.39 is 22.0 Å². The molecular formula is C18H24N4O5S3. The number of nitrogens with zero attached hydrogens (tertiary/aromatic N) is 3. The number of benzene rings is 1. The molecule has 1 N–H and O–H groups in total. The highest BCUT2D eigenvalue weighted by molar-refractivity contribution is 7.98. The van der Waals surface area contributed by atoms with Gasteiger partial charge in [0.1, 0.15) is 22.0 Å². The molecule has 1 aromatic heterocycles. The number of fused-ring (bicyclic) bond motifs is 1. The summed E-state index contributed by atoms with van der Waals surface area (Å²) in [6, 6.07) is 3.57. The van der Waals surface area contributed by atoms with E-state index in [9.17, 15) is 18.0 Å². The molecule has 1 aliphatic rings. The van der Waals surface area contributed by atoms with E-state index in [1.54, 1.807) is 17.0 Å². The molecule has 1 atom stereocenters. The average molecular weight is 473 g/mol. The number of rotatable bonds is 9. The third-order valence-electron chi connectivity index (χ3n) is 4.78. The van der Waals surface area contributed by atoms with Crippen molar-refractivity contribution in [3.05, 3.63) is 18.2 Å². The second kappa shape index (κ2) is 10.5. The zero-order valence-electron chi connectivity index (χ0n) is 16.6. The Kier molecular flexibility index (Phi) is 8.03. The standard InChI is InChI=1S/C18H24N4O5S3/c1-28-11-8-14(18(24)27-12-16(23)22-9-3-2-4-10-22)21-30(25,26)15-7-5-6-13-17(15)20-29-19-13/h5-7,14,21H,2-4,8-12H2,1H3. The molecule has 2 aromatic rings. The summed E-state index contributed by atoms with van der Waals surface area (Å²) in [5.41, 5.74) is 0.727. The lowest BCUT2D eigenvalue weighted by Gasteiger charge is -2.26. The maximum Gasteiger partial charge on any atom is 0.324 e. The minimum Gasteiger partial charge on any atom is -0.454 e. The highest BCUT2D eigenvalue weighted by atomic mass is 32.2. The molecule has 30 heavy (non-hydrogen) atoms. The van der Waals surface area contributed by atoms with E-state index in [2.05, 4.69) is 13.5 Å². The largest absolute Gasteiger partial charge is 0.454 e. The van der Waals surface area contributed by atoms with E-state index >= 15 is 0 Å². The van der Waals surface area contributed by atoms with Gasteiger partial charge in [-0.2, -0.15) is 25.2 Å². The van der Waals surface area contributed by atoms with Gasteiger partial charge < -0.3 is 9.64 Å². The first-order valence-electron chi connectivity index (χ1n) is 9.59. The Hall–Kier alpha value is -1.76. The third-order valence-corrected chi connectivity index (χ3v) is 7.47. The lowest BCUT2D eigenvalue weighted by Crippen LogP contribution is -2.44. The van der Waals surface area contributed by atoms with Gasteiger partial charge >= 0.3 is 5.97 Å². The van der Waals surface area contributed by atoms with Crippen LogP contribution in [-0.2, 0) is 24.3 Å². The second-order valence-corrected chi connectivity index (χ2v) is 10.1. The number of amides is 1. The fourth-order valence-electron chi connectivity index (χ4n) is 3.18. The van der Waals surface area contributed by atoms with E-state index in [-0.39, 0.29) is 29.3 Å². The zero-order valence-corrected chi connectivity index (χ0v) is 19.0. The molecule has 1 saturated heterocycles. The summed E-state index contributed by atoms with van der Waals surface area (Å²) in [5, 5.41) is 0. The molecule has 1 aliphatic heterocycles. The summed E-state index contributed by atoms with van der Waals surface area (Å²) in [7, 11) is -4.04. The van der Waals surface area contributed by atoms with Crippen molar-refractivity contribution in [2.75, 3.05) is 31.7 Å². The number of likely N-dealkylation sites (tertiary alicyclic amines) is 1. The lowest BCUT2D eigenvalue weighted by atomic mass is 10.1. The smallest absolute Gasteiger partial charge is 0.324 e. The van der Waals surface area contributed by atoms with Gasteiger partial charge in [0, 0.05) is 13.1 Å². The number of aromatic nitrogens is 2. The van der Waals surface area contributed by atoms with Gasteiger partial charge in [0.05, 0.1) is 11.7 Å². The Bertz CT molecular complexity index is 989. The first-order chi connectivity index (χ1) is 14.4. The van der Waals surface area contributed by atoms with Crippen LogP contribution in [0.4, 0.5) is 0 Å². The number of sulfonamides is 1. The van der Waals surface area contributed by atoms with Crippen molar-refractivity contribution in [1.29, 1.82) is 0 Å². The van der Waals surface area contributed by atoms with Crippen LogP contribution >= 0.6 is 23.5 Å². The normalized spacial score (nSPS) is 15.8. The highest BCUT2D eigenvalue weighted by Crippen LogP contribution is 2.21. The van der Waals surface area contributed by atoms with Crippen molar-refractivity contribution in [2.24, 2.45) is 0 Å². The van der Waals surface area contributed by atoms with E-state index in [1.807, 2.05) is 6.26 Å². The first kappa shape index (κ1) is 22.9. The fourth-order valence-corrected chi connectivity index (χ4v) is 5.63. The summed E-state index contributed by atoms with van der Waals surface area (Å²) >= 11 is 2.40. The Labute approximate surface area is 183 Å². The molecule has 0 saturated carbocycles. The van der Waals surface area contributed by atoms with E-state index in [4.69, 9.17) is 4.74 Å². The molecule has 0 radical (unpaired) electrons. The van der Waals surface area contributed by atoms with Crippen molar-refractivity contribution >= 4 is 56.4 Å². The van der Waals surface area contributed by atoms with Gasteiger partial charge in [-0.1, -0.05) is 6.07 Å². The number of ether oxygens (including phenoxy) is 1. The minimum atomic E-state index is -4.04. The third kappa shape index (κ3) is 5.68. The summed E-state index contributed by atoms with van der Waals surface area (Å²) < 4.78 is 41.6. The number of carbonyl (C=O) groups is 2. The lowest BCUT2D eigenvalue weighted by molar-refractivity contribution is -0.153. The molecule has 12 heteroatoms. The summed E-state index contributed by atoms with van der Waals surface area (Å²) in [6.07, 6.45) is 5.06. The number of hydrogen-bond acceptors (Lipinski definition) is 9. The zero-order chi connectivity index (χ0) is 21.6. The van der Waals surface area contributed by atoms with Gasteiger partial charge in [-0.25, -0.2) is 8.42 Å². The Morgan fingerprint density at radius 3 is 2.77 bits per heavy atom. The SMILES string of the molecule is CSCCC(NS(=O)(=O)c1cccc2nsnc12)C(=O)OCC(=O)N1CCCCC1. The molecule has 3 rings (SSSR count). The molecule has 2 heterocycles. The molecule has 1 amide bonds. The topological polar surface area (TPSA) is 119 Å². The van der Waals surface area contributed by atoms with Crippen molar-refractivity contribution in [3.8, 4) is 0 Å². The van der Waals surface area contributed by atoms with Crippen LogP contribution in [0.25, 0.3) is 11.0 Å². The predicted molar refractivity (Wildman–Crippen MR) is 116 cm³/mol. The quantitative estimate of drug-likeness (QED) is 0.547. The van der Waals surface area contributed by atoms with Crippen molar-refractivity contribution in [1.82, 2.24) is 18.4 Å². The van der Waals surface area contributed by atoms with Crippen LogP contribution in [0, 0.1) is 0 Å². The maximum absolute atomic E-state index is 12.9. The van der Waals surface area contributed by atoms with Crippen LogP contribution in [0.3, 0.4) is 0 Å². The molecule has 1 unspecified atom stereocenters.